The third-order valence-electron chi connectivity index (χ3n) is 1.69. The van der Waals surface area contributed by atoms with Crippen LogP contribution in [0, 0.1) is 5.92 Å². The normalized spacial score (nSPS) is 16.5. The van der Waals surface area contributed by atoms with E-state index in [9.17, 15) is 0 Å². The highest BCUT2D eigenvalue weighted by Crippen LogP contribution is 2.16. The average Bonchev–Trinajstić information content (AvgIpc) is 1.90. The van der Waals surface area contributed by atoms with Crippen molar-refractivity contribution in [2.24, 2.45) is 5.92 Å². The zero-order valence-electron chi connectivity index (χ0n) is 6.22. The van der Waals surface area contributed by atoms with Gasteiger partial charge in [0.15, 0.2) is 0 Å². The second-order valence-electron chi connectivity index (χ2n) is 2.84. The lowest BCUT2D eigenvalue weighted by molar-refractivity contribution is 0.773. The molecule has 0 spiro atoms. The van der Waals surface area contributed by atoms with Gasteiger partial charge in [0.05, 0.1) is 0 Å². The van der Waals surface area contributed by atoms with Gasteiger partial charge in [-0.3, -0.25) is 0 Å². The Labute approximate surface area is 64.6 Å². The van der Waals surface area contributed by atoms with E-state index in [4.69, 9.17) is 0 Å². The molecule has 1 aliphatic carbocycles. The van der Waals surface area contributed by atoms with Gasteiger partial charge >= 0.3 is 0 Å². The third-order valence-corrected chi connectivity index (χ3v) is 1.69. The van der Waals surface area contributed by atoms with E-state index in [1.54, 1.807) is 0 Å². The van der Waals surface area contributed by atoms with Crippen LogP contribution < -0.4 is 0 Å². The van der Waals surface area contributed by atoms with Crippen LogP contribution in [0.1, 0.15) is 34.1 Å². The lowest BCUT2D eigenvalue weighted by Crippen LogP contribution is -1.92. The molecule has 0 saturated carbocycles. The molecule has 0 N–H and O–H groups in total. The molecule has 0 unspecified atom stereocenters. The molecule has 0 aliphatic heterocycles. The maximum Gasteiger partial charge on any atom is -0.0222 e. The monoisotopic (exact) mass is 138 g/mol. The fourth-order valence-electron chi connectivity index (χ4n) is 1.06. The SMILES string of the molecule is C.CC(C)C1=CCCC=C1. The highest BCUT2D eigenvalue weighted by Gasteiger charge is 1.99. The highest BCUT2D eigenvalue weighted by molar-refractivity contribution is 5.23. The lowest BCUT2D eigenvalue weighted by Gasteiger charge is -2.08. The molecule has 0 nitrogen and oxygen atoms in total. The minimum Gasteiger partial charge on any atom is -0.0840 e. The zero-order chi connectivity index (χ0) is 6.69. The van der Waals surface area contributed by atoms with E-state index in [1.165, 1.54) is 18.4 Å². The van der Waals surface area contributed by atoms with Crippen molar-refractivity contribution in [2.75, 3.05) is 0 Å². The van der Waals surface area contributed by atoms with Crippen molar-refractivity contribution in [3.05, 3.63) is 23.8 Å². The molecule has 0 atom stereocenters. The van der Waals surface area contributed by atoms with Crippen molar-refractivity contribution in [3.63, 3.8) is 0 Å². The minimum atomic E-state index is 0. The van der Waals surface area contributed by atoms with E-state index >= 15 is 0 Å². The molecule has 0 heteroatoms. The first kappa shape index (κ1) is 9.48. The Morgan fingerprint density at radius 3 is 2.30 bits per heavy atom. The van der Waals surface area contributed by atoms with E-state index in [2.05, 4.69) is 32.1 Å². The molecule has 0 aromatic heterocycles. The van der Waals surface area contributed by atoms with Gasteiger partial charge in [0.2, 0.25) is 0 Å². The summed E-state index contributed by atoms with van der Waals surface area (Å²) in [5.74, 6) is 0.710. The van der Waals surface area contributed by atoms with Crippen molar-refractivity contribution in [3.8, 4) is 0 Å². The zero-order valence-corrected chi connectivity index (χ0v) is 6.22. The quantitative estimate of drug-likeness (QED) is 0.519. The van der Waals surface area contributed by atoms with Crippen LogP contribution in [0.3, 0.4) is 0 Å². The van der Waals surface area contributed by atoms with E-state index < -0.39 is 0 Å². The Morgan fingerprint density at radius 1 is 1.30 bits per heavy atom. The molecule has 0 bridgehead atoms. The summed E-state index contributed by atoms with van der Waals surface area (Å²) in [6.45, 7) is 4.48. The van der Waals surface area contributed by atoms with Crippen molar-refractivity contribution in [2.45, 2.75) is 34.1 Å². The summed E-state index contributed by atoms with van der Waals surface area (Å²) in [7, 11) is 0. The average molecular weight is 138 g/mol. The molecule has 0 saturated heterocycles. The van der Waals surface area contributed by atoms with Crippen LogP contribution in [0.15, 0.2) is 23.8 Å². The van der Waals surface area contributed by atoms with Crippen molar-refractivity contribution >= 4 is 0 Å². The van der Waals surface area contributed by atoms with Gasteiger partial charge in [0.25, 0.3) is 0 Å². The molecular weight excluding hydrogens is 120 g/mol. The predicted molar refractivity (Wildman–Crippen MR) is 48.0 cm³/mol. The van der Waals surface area contributed by atoms with Crippen LogP contribution in [0.2, 0.25) is 0 Å². The van der Waals surface area contributed by atoms with Gasteiger partial charge in [-0.1, -0.05) is 39.5 Å². The molecule has 58 valence electrons. The number of hydrogen-bond donors (Lipinski definition) is 0. The Kier molecular flexibility index (Phi) is 4.10. The molecule has 10 heavy (non-hydrogen) atoms. The fourth-order valence-corrected chi connectivity index (χ4v) is 1.06. The van der Waals surface area contributed by atoms with Gasteiger partial charge in [-0.15, -0.1) is 0 Å². The van der Waals surface area contributed by atoms with Crippen LogP contribution >= 0.6 is 0 Å². The molecular formula is C10H18. The Hall–Kier alpha value is -0.520. The first-order valence-corrected chi connectivity index (χ1v) is 3.67. The summed E-state index contributed by atoms with van der Waals surface area (Å²) in [6.07, 6.45) is 9.31. The van der Waals surface area contributed by atoms with Gasteiger partial charge in [0, 0.05) is 0 Å². The Bertz CT molecular complexity index is 138. The van der Waals surface area contributed by atoms with Crippen molar-refractivity contribution in [1.29, 1.82) is 0 Å². The molecule has 0 radical (unpaired) electrons. The standard InChI is InChI=1S/C9H14.CH4/c1-8(2)9-6-4-3-5-7-9;/h4,6-8H,3,5H2,1-2H3;1H4. The van der Waals surface area contributed by atoms with Gasteiger partial charge < -0.3 is 0 Å². The topological polar surface area (TPSA) is 0 Å². The summed E-state index contributed by atoms with van der Waals surface area (Å²) in [5, 5.41) is 0. The van der Waals surface area contributed by atoms with Crippen LogP contribution in [0.25, 0.3) is 0 Å². The highest BCUT2D eigenvalue weighted by atomic mass is 14.1. The van der Waals surface area contributed by atoms with Crippen molar-refractivity contribution < 1.29 is 0 Å². The number of allylic oxidation sites excluding steroid dienone is 4. The van der Waals surface area contributed by atoms with Crippen LogP contribution in [0.5, 0.6) is 0 Å². The largest absolute Gasteiger partial charge is 0.0840 e. The molecule has 0 aromatic carbocycles. The maximum absolute atomic E-state index is 2.34. The molecule has 0 heterocycles. The van der Waals surface area contributed by atoms with Crippen LogP contribution in [-0.4, -0.2) is 0 Å². The first-order chi connectivity index (χ1) is 4.30. The van der Waals surface area contributed by atoms with Crippen LogP contribution in [-0.2, 0) is 0 Å². The smallest absolute Gasteiger partial charge is 0.0222 e. The second-order valence-corrected chi connectivity index (χ2v) is 2.84. The lowest BCUT2D eigenvalue weighted by atomic mass is 9.97. The number of hydrogen-bond acceptors (Lipinski definition) is 0. The summed E-state index contributed by atoms with van der Waals surface area (Å²) in [6, 6.07) is 0. The third kappa shape index (κ3) is 2.38. The minimum absolute atomic E-state index is 0. The summed E-state index contributed by atoms with van der Waals surface area (Å²) < 4.78 is 0. The van der Waals surface area contributed by atoms with Crippen LogP contribution in [0.4, 0.5) is 0 Å². The summed E-state index contributed by atoms with van der Waals surface area (Å²) in [5.41, 5.74) is 1.50. The summed E-state index contributed by atoms with van der Waals surface area (Å²) >= 11 is 0. The van der Waals surface area contributed by atoms with E-state index in [1.807, 2.05) is 0 Å². The molecule has 1 rings (SSSR count). The van der Waals surface area contributed by atoms with Gasteiger partial charge in [-0.05, 0) is 24.3 Å². The molecule has 1 aliphatic rings. The maximum atomic E-state index is 2.34. The van der Waals surface area contributed by atoms with Gasteiger partial charge in [-0.2, -0.15) is 0 Å². The van der Waals surface area contributed by atoms with Gasteiger partial charge in [0.1, 0.15) is 0 Å². The Balaban J connectivity index is 0.000000810. The summed E-state index contributed by atoms with van der Waals surface area (Å²) in [4.78, 5) is 0. The van der Waals surface area contributed by atoms with E-state index in [-0.39, 0.29) is 7.43 Å². The van der Waals surface area contributed by atoms with Crippen molar-refractivity contribution in [1.82, 2.24) is 0 Å². The van der Waals surface area contributed by atoms with Gasteiger partial charge in [-0.25, -0.2) is 0 Å². The van der Waals surface area contributed by atoms with E-state index in [0.29, 0.717) is 5.92 Å². The molecule has 0 amide bonds. The Morgan fingerprint density at radius 2 is 2.00 bits per heavy atom. The predicted octanol–water partition coefficient (Wildman–Crippen LogP) is 3.55. The second kappa shape index (κ2) is 4.32. The van der Waals surface area contributed by atoms with E-state index in [0.717, 1.165) is 0 Å². The fraction of sp³-hybridized carbons (Fsp3) is 0.600. The first-order valence-electron chi connectivity index (χ1n) is 3.67. The molecule has 0 fully saturated rings. The number of rotatable bonds is 1. The molecule has 0 aromatic rings.